The minimum Gasteiger partial charge on any atom is -0.504 e. The molecule has 0 spiro atoms. The van der Waals surface area contributed by atoms with Gasteiger partial charge in [-0.15, -0.1) is 0 Å². The van der Waals surface area contributed by atoms with Crippen molar-refractivity contribution in [1.82, 2.24) is 9.97 Å². The van der Waals surface area contributed by atoms with E-state index in [0.29, 0.717) is 22.5 Å². The Hall–Kier alpha value is -3.15. The van der Waals surface area contributed by atoms with Gasteiger partial charge in [0.15, 0.2) is 23.0 Å². The number of hydrogen-bond acceptors (Lipinski definition) is 5. The zero-order valence-corrected chi connectivity index (χ0v) is 10.8. The number of nitrogens with one attached hydrogen (secondary N) is 1. The van der Waals surface area contributed by atoms with Gasteiger partial charge in [0.1, 0.15) is 0 Å². The lowest BCUT2D eigenvalue weighted by Gasteiger charge is -2.06. The Morgan fingerprint density at radius 1 is 0.714 bits per heavy atom. The van der Waals surface area contributed by atoms with Crippen LogP contribution in [0.4, 0.5) is 0 Å². The van der Waals surface area contributed by atoms with Gasteiger partial charge in [0, 0.05) is 11.1 Å². The van der Waals surface area contributed by atoms with Crippen LogP contribution in [0.3, 0.4) is 0 Å². The molecule has 2 aromatic carbocycles. The first kappa shape index (κ1) is 12.9. The zero-order chi connectivity index (χ0) is 15.0. The lowest BCUT2D eigenvalue weighted by Crippen LogP contribution is -1.84. The number of aromatic amines is 1. The van der Waals surface area contributed by atoms with E-state index >= 15 is 0 Å². The molecule has 106 valence electrons. The molecule has 5 N–H and O–H groups in total. The molecule has 3 aromatic rings. The van der Waals surface area contributed by atoms with Gasteiger partial charge in [-0.2, -0.15) is 0 Å². The highest BCUT2D eigenvalue weighted by molar-refractivity contribution is 5.80. The summed E-state index contributed by atoms with van der Waals surface area (Å²) in [5, 5.41) is 37.9. The number of phenols is 4. The van der Waals surface area contributed by atoms with Gasteiger partial charge in [0.2, 0.25) is 0 Å². The molecule has 6 nitrogen and oxygen atoms in total. The second-order valence-corrected chi connectivity index (χ2v) is 4.53. The number of rotatable bonds is 2. The summed E-state index contributed by atoms with van der Waals surface area (Å²) in [6.07, 6.45) is 1.48. The third-order valence-electron chi connectivity index (χ3n) is 3.15. The van der Waals surface area contributed by atoms with Crippen molar-refractivity contribution in [2.24, 2.45) is 0 Å². The number of H-pyrrole nitrogens is 1. The van der Waals surface area contributed by atoms with Gasteiger partial charge in [-0.1, -0.05) is 0 Å². The van der Waals surface area contributed by atoms with Gasteiger partial charge in [0.25, 0.3) is 0 Å². The Morgan fingerprint density at radius 2 is 1.29 bits per heavy atom. The van der Waals surface area contributed by atoms with Crippen LogP contribution >= 0.6 is 0 Å². The number of nitrogens with zero attached hydrogens (tertiary/aromatic N) is 1. The van der Waals surface area contributed by atoms with Crippen LogP contribution in [0.5, 0.6) is 23.0 Å². The molecule has 3 rings (SSSR count). The summed E-state index contributed by atoms with van der Waals surface area (Å²) in [7, 11) is 0. The zero-order valence-electron chi connectivity index (χ0n) is 10.8. The van der Waals surface area contributed by atoms with Crippen LogP contribution in [0.2, 0.25) is 0 Å². The van der Waals surface area contributed by atoms with Crippen LogP contribution in [0.25, 0.3) is 22.5 Å². The first-order valence-corrected chi connectivity index (χ1v) is 6.14. The molecule has 0 amide bonds. The van der Waals surface area contributed by atoms with E-state index in [4.69, 9.17) is 0 Å². The number of imidazole rings is 1. The fraction of sp³-hybridized carbons (Fsp3) is 0. The van der Waals surface area contributed by atoms with E-state index in [1.807, 2.05) is 0 Å². The van der Waals surface area contributed by atoms with Crippen LogP contribution in [-0.4, -0.2) is 30.4 Å². The van der Waals surface area contributed by atoms with Crippen molar-refractivity contribution in [3.63, 3.8) is 0 Å². The Bertz CT molecular complexity index is 745. The molecular formula is C15H12N2O4. The van der Waals surface area contributed by atoms with E-state index in [-0.39, 0.29) is 23.0 Å². The van der Waals surface area contributed by atoms with E-state index in [1.54, 1.807) is 12.1 Å². The number of aromatic nitrogens is 2. The molecule has 1 aromatic heterocycles. The van der Waals surface area contributed by atoms with Crippen LogP contribution in [0.1, 0.15) is 0 Å². The topological polar surface area (TPSA) is 110 Å². The van der Waals surface area contributed by atoms with Crippen LogP contribution in [0.15, 0.2) is 42.7 Å². The maximum Gasteiger partial charge on any atom is 0.158 e. The van der Waals surface area contributed by atoms with Crippen molar-refractivity contribution < 1.29 is 20.4 Å². The molecule has 0 aliphatic rings. The first-order valence-electron chi connectivity index (χ1n) is 6.14. The van der Waals surface area contributed by atoms with Gasteiger partial charge in [-0.25, -0.2) is 4.98 Å². The molecule has 1 heterocycles. The van der Waals surface area contributed by atoms with E-state index < -0.39 is 0 Å². The fourth-order valence-corrected chi connectivity index (χ4v) is 2.08. The number of aromatic hydroxyl groups is 4. The van der Waals surface area contributed by atoms with Crippen LogP contribution < -0.4 is 0 Å². The molecule has 0 unspecified atom stereocenters. The second kappa shape index (κ2) is 4.75. The van der Waals surface area contributed by atoms with Crippen molar-refractivity contribution in [3.8, 4) is 45.5 Å². The molecule has 0 aliphatic carbocycles. The van der Waals surface area contributed by atoms with Crippen molar-refractivity contribution in [2.45, 2.75) is 0 Å². The molecule has 21 heavy (non-hydrogen) atoms. The maximum absolute atomic E-state index is 9.58. The molecule has 0 bridgehead atoms. The van der Waals surface area contributed by atoms with E-state index in [1.165, 1.54) is 30.6 Å². The molecule has 0 radical (unpaired) electrons. The van der Waals surface area contributed by atoms with Crippen LogP contribution in [0, 0.1) is 0 Å². The largest absolute Gasteiger partial charge is 0.504 e. The summed E-state index contributed by atoms with van der Waals surface area (Å²) in [5.41, 5.74) is 2.41. The van der Waals surface area contributed by atoms with E-state index in [9.17, 15) is 20.4 Å². The summed E-state index contributed by atoms with van der Waals surface area (Å²) in [6.45, 7) is 0. The van der Waals surface area contributed by atoms with Gasteiger partial charge in [-0.05, 0) is 36.4 Å². The second-order valence-electron chi connectivity index (χ2n) is 4.53. The third kappa shape index (κ3) is 2.23. The average Bonchev–Trinajstić information content (AvgIpc) is 2.94. The molecule has 6 heteroatoms. The number of benzene rings is 2. The standard InChI is InChI=1S/C15H12N2O4/c18-10-3-1-8(5-12(10)20)14-15(17-7-16-14)9-2-4-11(19)13(21)6-9/h1-7,18-21H,(H,16,17). The molecule has 0 atom stereocenters. The minimum absolute atomic E-state index is 0.206. The van der Waals surface area contributed by atoms with Crippen molar-refractivity contribution >= 4 is 0 Å². The van der Waals surface area contributed by atoms with Crippen molar-refractivity contribution in [1.29, 1.82) is 0 Å². The van der Waals surface area contributed by atoms with Crippen molar-refractivity contribution in [3.05, 3.63) is 42.7 Å². The van der Waals surface area contributed by atoms with Gasteiger partial charge in [0.05, 0.1) is 17.7 Å². The average molecular weight is 284 g/mol. The Morgan fingerprint density at radius 3 is 1.90 bits per heavy atom. The number of hydrogen-bond donors (Lipinski definition) is 5. The van der Waals surface area contributed by atoms with Gasteiger partial charge >= 0.3 is 0 Å². The molecular weight excluding hydrogens is 272 g/mol. The van der Waals surface area contributed by atoms with Crippen LogP contribution in [-0.2, 0) is 0 Å². The summed E-state index contributed by atoms with van der Waals surface area (Å²) in [6, 6.07) is 8.81. The lowest BCUT2D eigenvalue weighted by atomic mass is 10.0. The summed E-state index contributed by atoms with van der Waals surface area (Å²) < 4.78 is 0. The van der Waals surface area contributed by atoms with E-state index in [0.717, 1.165) is 0 Å². The van der Waals surface area contributed by atoms with Gasteiger partial charge in [-0.3, -0.25) is 0 Å². The smallest absolute Gasteiger partial charge is 0.158 e. The maximum atomic E-state index is 9.58. The molecule has 0 fully saturated rings. The highest BCUT2D eigenvalue weighted by Gasteiger charge is 2.13. The predicted molar refractivity (Wildman–Crippen MR) is 76.1 cm³/mol. The molecule has 0 saturated heterocycles. The predicted octanol–water partition coefficient (Wildman–Crippen LogP) is 2.57. The molecule has 0 saturated carbocycles. The SMILES string of the molecule is Oc1ccc(-c2nc[nH]c2-c2ccc(O)c(O)c2)cc1O. The quantitative estimate of drug-likeness (QED) is 0.465. The molecule has 0 aliphatic heterocycles. The highest BCUT2D eigenvalue weighted by atomic mass is 16.3. The Kier molecular flexibility index (Phi) is 2.91. The summed E-state index contributed by atoms with van der Waals surface area (Å²) in [4.78, 5) is 7.15. The monoisotopic (exact) mass is 284 g/mol. The fourth-order valence-electron chi connectivity index (χ4n) is 2.08. The summed E-state index contributed by atoms with van der Waals surface area (Å²) >= 11 is 0. The normalized spacial score (nSPS) is 10.7. The summed E-state index contributed by atoms with van der Waals surface area (Å²) in [5.74, 6) is -0.892. The third-order valence-corrected chi connectivity index (χ3v) is 3.15. The minimum atomic E-state index is -0.241. The van der Waals surface area contributed by atoms with E-state index in [2.05, 4.69) is 9.97 Å². The number of phenolic OH excluding ortho intramolecular Hbond substituents is 4. The lowest BCUT2D eigenvalue weighted by molar-refractivity contribution is 0.404. The first-order chi connectivity index (χ1) is 10.1. The van der Waals surface area contributed by atoms with Crippen molar-refractivity contribution in [2.75, 3.05) is 0 Å². The Balaban J connectivity index is 2.12. The Labute approximate surface area is 119 Å². The van der Waals surface area contributed by atoms with Gasteiger partial charge < -0.3 is 25.4 Å². The highest BCUT2D eigenvalue weighted by Crippen LogP contribution is 2.36.